The molecule has 0 bridgehead atoms. The summed E-state index contributed by atoms with van der Waals surface area (Å²) in [5, 5.41) is 3.10. The van der Waals surface area contributed by atoms with E-state index in [1.165, 1.54) is 7.11 Å². The van der Waals surface area contributed by atoms with Crippen LogP contribution in [0.2, 0.25) is 0 Å². The number of methoxy groups -OCH3 is 1. The second-order valence-corrected chi connectivity index (χ2v) is 3.13. The molecule has 0 atom stereocenters. The molecule has 0 unspecified atom stereocenters. The molecule has 0 spiro atoms. The monoisotopic (exact) mass is 211 g/mol. The summed E-state index contributed by atoms with van der Waals surface area (Å²) in [6.07, 6.45) is 0. The van der Waals surface area contributed by atoms with Crippen LogP contribution >= 0.6 is 12.6 Å². The molecule has 0 heterocycles. The molecule has 0 amide bonds. The third-order valence-corrected chi connectivity index (χ3v) is 1.98. The Balaban J connectivity index is 2.85. The van der Waals surface area contributed by atoms with Gasteiger partial charge in [-0.25, -0.2) is 4.79 Å². The van der Waals surface area contributed by atoms with Crippen LogP contribution < -0.4 is 5.32 Å². The molecule has 1 aromatic rings. The number of anilines is 1. The molecule has 0 aromatic heterocycles. The Morgan fingerprint density at radius 3 is 2.86 bits per heavy atom. The van der Waals surface area contributed by atoms with Crippen LogP contribution in [0.1, 0.15) is 10.4 Å². The van der Waals surface area contributed by atoms with E-state index in [0.717, 1.165) is 18.0 Å². The lowest BCUT2D eigenvalue weighted by atomic mass is 10.2. The summed E-state index contributed by atoms with van der Waals surface area (Å²) in [5.74, 6) is 0.391. The lowest BCUT2D eigenvalue weighted by molar-refractivity contribution is 0.0602. The van der Waals surface area contributed by atoms with Crippen LogP contribution in [0.15, 0.2) is 24.3 Å². The molecular formula is C10H13NO2S. The van der Waals surface area contributed by atoms with E-state index in [0.29, 0.717) is 5.56 Å². The van der Waals surface area contributed by atoms with E-state index in [2.05, 4.69) is 22.7 Å². The van der Waals surface area contributed by atoms with Crippen LogP contribution in [0, 0.1) is 0 Å². The molecule has 1 aromatic carbocycles. The van der Waals surface area contributed by atoms with Crippen molar-refractivity contribution in [1.82, 2.24) is 0 Å². The molecule has 0 saturated carbocycles. The zero-order valence-electron chi connectivity index (χ0n) is 7.99. The third-order valence-electron chi connectivity index (χ3n) is 1.76. The van der Waals surface area contributed by atoms with Gasteiger partial charge < -0.3 is 10.1 Å². The SMILES string of the molecule is COC(=O)c1ccccc1NCCS. The maximum Gasteiger partial charge on any atom is 0.339 e. The molecule has 0 fully saturated rings. The van der Waals surface area contributed by atoms with Gasteiger partial charge in [0, 0.05) is 18.0 Å². The van der Waals surface area contributed by atoms with Gasteiger partial charge in [0.1, 0.15) is 0 Å². The zero-order valence-corrected chi connectivity index (χ0v) is 8.88. The molecule has 0 aliphatic heterocycles. The number of hydrogen-bond donors (Lipinski definition) is 2. The largest absolute Gasteiger partial charge is 0.465 e. The fraction of sp³-hybridized carbons (Fsp3) is 0.300. The summed E-state index contributed by atoms with van der Waals surface area (Å²) in [5.41, 5.74) is 1.34. The topological polar surface area (TPSA) is 38.3 Å². The van der Waals surface area contributed by atoms with Crippen molar-refractivity contribution in [2.45, 2.75) is 0 Å². The zero-order chi connectivity index (χ0) is 10.4. The lowest BCUT2D eigenvalue weighted by Gasteiger charge is -2.08. The van der Waals surface area contributed by atoms with E-state index in [4.69, 9.17) is 0 Å². The maximum atomic E-state index is 11.3. The van der Waals surface area contributed by atoms with E-state index in [-0.39, 0.29) is 5.97 Å². The van der Waals surface area contributed by atoms with Gasteiger partial charge in [-0.3, -0.25) is 0 Å². The smallest absolute Gasteiger partial charge is 0.339 e. The first-order valence-electron chi connectivity index (χ1n) is 4.31. The van der Waals surface area contributed by atoms with Crippen molar-refractivity contribution in [2.24, 2.45) is 0 Å². The number of nitrogens with one attached hydrogen (secondary N) is 1. The van der Waals surface area contributed by atoms with E-state index >= 15 is 0 Å². The second-order valence-electron chi connectivity index (χ2n) is 2.69. The molecule has 0 saturated heterocycles. The number of para-hydroxylation sites is 1. The second kappa shape index (κ2) is 5.54. The summed E-state index contributed by atoms with van der Waals surface area (Å²) in [4.78, 5) is 11.3. The van der Waals surface area contributed by atoms with Crippen LogP contribution in [-0.4, -0.2) is 25.4 Å². The minimum atomic E-state index is -0.327. The lowest BCUT2D eigenvalue weighted by Crippen LogP contribution is -2.09. The number of ether oxygens (including phenoxy) is 1. The number of carbonyl (C=O) groups is 1. The summed E-state index contributed by atoms with van der Waals surface area (Å²) >= 11 is 4.08. The van der Waals surface area contributed by atoms with Crippen molar-refractivity contribution in [2.75, 3.05) is 24.7 Å². The maximum absolute atomic E-state index is 11.3. The number of thiol groups is 1. The fourth-order valence-electron chi connectivity index (χ4n) is 1.12. The molecule has 3 nitrogen and oxygen atoms in total. The van der Waals surface area contributed by atoms with Crippen molar-refractivity contribution in [3.05, 3.63) is 29.8 Å². The average Bonchev–Trinajstić information content (AvgIpc) is 2.25. The van der Waals surface area contributed by atoms with Crippen molar-refractivity contribution in [1.29, 1.82) is 0 Å². The van der Waals surface area contributed by atoms with Gasteiger partial charge >= 0.3 is 5.97 Å². The van der Waals surface area contributed by atoms with E-state index in [9.17, 15) is 4.79 Å². The van der Waals surface area contributed by atoms with Crippen molar-refractivity contribution >= 4 is 24.3 Å². The minimum Gasteiger partial charge on any atom is -0.465 e. The number of rotatable bonds is 4. The van der Waals surface area contributed by atoms with Crippen molar-refractivity contribution < 1.29 is 9.53 Å². The highest BCUT2D eigenvalue weighted by molar-refractivity contribution is 7.80. The van der Waals surface area contributed by atoms with Crippen molar-refractivity contribution in [3.63, 3.8) is 0 Å². The predicted octanol–water partition coefficient (Wildman–Crippen LogP) is 1.81. The standard InChI is InChI=1S/C10H13NO2S/c1-13-10(12)8-4-2-3-5-9(8)11-6-7-14/h2-5,11,14H,6-7H2,1H3. The first-order chi connectivity index (χ1) is 6.79. The van der Waals surface area contributed by atoms with Gasteiger partial charge in [0.15, 0.2) is 0 Å². The molecule has 1 rings (SSSR count). The normalized spacial score (nSPS) is 9.57. The van der Waals surface area contributed by atoms with Crippen LogP contribution in [0.4, 0.5) is 5.69 Å². The van der Waals surface area contributed by atoms with Gasteiger partial charge in [-0.15, -0.1) is 0 Å². The van der Waals surface area contributed by atoms with Crippen LogP contribution in [-0.2, 0) is 4.74 Å². The Labute approximate surface area is 88.9 Å². The molecule has 4 heteroatoms. The third kappa shape index (κ3) is 2.67. The Morgan fingerprint density at radius 2 is 2.21 bits per heavy atom. The Morgan fingerprint density at radius 1 is 1.50 bits per heavy atom. The number of hydrogen-bond acceptors (Lipinski definition) is 4. The number of benzene rings is 1. The Hall–Kier alpha value is -1.16. The van der Waals surface area contributed by atoms with Gasteiger partial charge in [0.05, 0.1) is 12.7 Å². The molecule has 14 heavy (non-hydrogen) atoms. The number of carbonyl (C=O) groups excluding carboxylic acids is 1. The predicted molar refractivity (Wildman–Crippen MR) is 60.1 cm³/mol. The molecule has 0 radical (unpaired) electrons. The van der Waals surface area contributed by atoms with Gasteiger partial charge in [0.2, 0.25) is 0 Å². The van der Waals surface area contributed by atoms with E-state index in [1.54, 1.807) is 12.1 Å². The summed E-state index contributed by atoms with van der Waals surface area (Å²) in [7, 11) is 1.37. The molecule has 0 aliphatic carbocycles. The van der Waals surface area contributed by atoms with Gasteiger partial charge in [-0.1, -0.05) is 12.1 Å². The average molecular weight is 211 g/mol. The first kappa shape index (κ1) is 10.9. The highest BCUT2D eigenvalue weighted by Crippen LogP contribution is 2.15. The quantitative estimate of drug-likeness (QED) is 0.589. The summed E-state index contributed by atoms with van der Waals surface area (Å²) < 4.78 is 4.66. The molecule has 0 aliphatic rings. The minimum absolute atomic E-state index is 0.327. The summed E-state index contributed by atoms with van der Waals surface area (Å²) in [6.45, 7) is 0.719. The Bertz CT molecular complexity index is 315. The van der Waals surface area contributed by atoms with Gasteiger partial charge in [-0.2, -0.15) is 12.6 Å². The van der Waals surface area contributed by atoms with Crippen LogP contribution in [0.3, 0.4) is 0 Å². The van der Waals surface area contributed by atoms with Gasteiger partial charge in [-0.05, 0) is 12.1 Å². The van der Waals surface area contributed by atoms with Crippen LogP contribution in [0.25, 0.3) is 0 Å². The first-order valence-corrected chi connectivity index (χ1v) is 4.95. The van der Waals surface area contributed by atoms with Gasteiger partial charge in [0.25, 0.3) is 0 Å². The molecule has 76 valence electrons. The van der Waals surface area contributed by atoms with E-state index in [1.807, 2.05) is 12.1 Å². The van der Waals surface area contributed by atoms with E-state index < -0.39 is 0 Å². The summed E-state index contributed by atoms with van der Waals surface area (Å²) in [6, 6.07) is 7.24. The fourth-order valence-corrected chi connectivity index (χ4v) is 1.23. The number of esters is 1. The van der Waals surface area contributed by atoms with Crippen LogP contribution in [0.5, 0.6) is 0 Å². The van der Waals surface area contributed by atoms with Crippen molar-refractivity contribution in [3.8, 4) is 0 Å². The molecular weight excluding hydrogens is 198 g/mol. The molecule has 1 N–H and O–H groups in total. The highest BCUT2D eigenvalue weighted by Gasteiger charge is 2.09. The highest BCUT2D eigenvalue weighted by atomic mass is 32.1. The Kier molecular flexibility index (Phi) is 4.32.